The number of hydrogen-bond donors (Lipinski definition) is 1. The van der Waals surface area contributed by atoms with Crippen molar-refractivity contribution in [1.29, 1.82) is 0 Å². The van der Waals surface area contributed by atoms with E-state index in [-0.39, 0.29) is 16.8 Å². The van der Waals surface area contributed by atoms with Crippen LogP contribution in [0, 0.1) is 17.2 Å². The van der Waals surface area contributed by atoms with Crippen molar-refractivity contribution in [2.24, 2.45) is 17.1 Å². The molecule has 2 atom stereocenters. The monoisotopic (exact) mass is 327 g/mol. The molecule has 2 unspecified atom stereocenters. The molecule has 1 aliphatic carbocycles. The van der Waals surface area contributed by atoms with Crippen molar-refractivity contribution in [2.75, 3.05) is 0 Å². The van der Waals surface area contributed by atoms with Gasteiger partial charge < -0.3 is 5.73 Å². The first-order valence-corrected chi connectivity index (χ1v) is 7.72. The van der Waals surface area contributed by atoms with Gasteiger partial charge in [0, 0.05) is 5.54 Å². The summed E-state index contributed by atoms with van der Waals surface area (Å²) in [7, 11) is 0. The van der Waals surface area contributed by atoms with Crippen LogP contribution in [0.2, 0.25) is 0 Å². The Morgan fingerprint density at radius 2 is 2.05 bits per heavy atom. The zero-order valence-corrected chi connectivity index (χ0v) is 13.6. The van der Waals surface area contributed by atoms with Gasteiger partial charge in [0.1, 0.15) is 5.82 Å². The van der Waals surface area contributed by atoms with Gasteiger partial charge in [0.15, 0.2) is 0 Å². The molecule has 1 aromatic rings. The molecule has 1 fully saturated rings. The fraction of sp³-hybridized carbons (Fsp3) is 0.625. The van der Waals surface area contributed by atoms with Gasteiger partial charge in [-0.2, -0.15) is 0 Å². The molecule has 1 nitrogen and oxygen atoms in total. The fourth-order valence-electron chi connectivity index (χ4n) is 4.01. The highest BCUT2D eigenvalue weighted by Crippen LogP contribution is 2.44. The molecular formula is C16H23BrFN. The van der Waals surface area contributed by atoms with Crippen LogP contribution in [0.25, 0.3) is 0 Å². The Hall–Kier alpha value is -0.410. The van der Waals surface area contributed by atoms with Crippen molar-refractivity contribution in [2.45, 2.75) is 52.0 Å². The predicted molar refractivity (Wildman–Crippen MR) is 81.5 cm³/mol. The Labute approximate surface area is 123 Å². The molecule has 0 amide bonds. The lowest BCUT2D eigenvalue weighted by Gasteiger charge is -2.46. The van der Waals surface area contributed by atoms with Gasteiger partial charge in [0.25, 0.3) is 0 Å². The topological polar surface area (TPSA) is 26.0 Å². The molecule has 0 radical (unpaired) electrons. The first kappa shape index (κ1) is 15.0. The average Bonchev–Trinajstić information content (AvgIpc) is 2.20. The van der Waals surface area contributed by atoms with E-state index >= 15 is 0 Å². The summed E-state index contributed by atoms with van der Waals surface area (Å²) < 4.78 is 14.2. The summed E-state index contributed by atoms with van der Waals surface area (Å²) in [6.45, 7) is 6.83. The lowest BCUT2D eigenvalue weighted by molar-refractivity contribution is 0.108. The summed E-state index contributed by atoms with van der Waals surface area (Å²) in [5.41, 5.74) is 7.66. The van der Waals surface area contributed by atoms with Gasteiger partial charge in [0.2, 0.25) is 0 Å². The van der Waals surface area contributed by atoms with Crippen LogP contribution in [-0.2, 0) is 6.42 Å². The molecule has 0 bridgehead atoms. The molecule has 0 spiro atoms. The molecule has 0 aliphatic heterocycles. The molecule has 19 heavy (non-hydrogen) atoms. The van der Waals surface area contributed by atoms with Crippen molar-refractivity contribution in [3.8, 4) is 0 Å². The van der Waals surface area contributed by atoms with E-state index < -0.39 is 0 Å². The van der Waals surface area contributed by atoms with Gasteiger partial charge in [-0.3, -0.25) is 0 Å². The Morgan fingerprint density at radius 3 is 2.68 bits per heavy atom. The maximum absolute atomic E-state index is 13.6. The zero-order valence-electron chi connectivity index (χ0n) is 12.0. The van der Waals surface area contributed by atoms with E-state index in [9.17, 15) is 4.39 Å². The van der Waals surface area contributed by atoms with E-state index in [4.69, 9.17) is 5.73 Å². The SMILES string of the molecule is CC1CC(C)(C)CC(N)(Cc2cccc(F)c2Br)C1. The third kappa shape index (κ3) is 3.57. The summed E-state index contributed by atoms with van der Waals surface area (Å²) >= 11 is 3.34. The Balaban J connectivity index is 2.23. The van der Waals surface area contributed by atoms with Crippen LogP contribution in [0.3, 0.4) is 0 Å². The van der Waals surface area contributed by atoms with Crippen LogP contribution >= 0.6 is 15.9 Å². The second kappa shape index (κ2) is 5.17. The smallest absolute Gasteiger partial charge is 0.137 e. The Morgan fingerprint density at radius 1 is 1.37 bits per heavy atom. The highest BCUT2D eigenvalue weighted by molar-refractivity contribution is 9.10. The number of hydrogen-bond acceptors (Lipinski definition) is 1. The van der Waals surface area contributed by atoms with Crippen LogP contribution in [0.4, 0.5) is 4.39 Å². The van der Waals surface area contributed by atoms with E-state index in [1.807, 2.05) is 6.07 Å². The largest absolute Gasteiger partial charge is 0.325 e. The number of rotatable bonds is 2. The molecule has 106 valence electrons. The molecule has 1 aromatic carbocycles. The second-order valence-electron chi connectivity index (χ2n) is 7.11. The molecule has 1 saturated carbocycles. The number of benzene rings is 1. The number of halogens is 2. The maximum Gasteiger partial charge on any atom is 0.137 e. The van der Waals surface area contributed by atoms with E-state index in [2.05, 4.69) is 36.7 Å². The van der Waals surface area contributed by atoms with Crippen molar-refractivity contribution >= 4 is 15.9 Å². The Bertz CT molecular complexity index is 472. The minimum Gasteiger partial charge on any atom is -0.325 e. The van der Waals surface area contributed by atoms with Gasteiger partial charge in [-0.15, -0.1) is 0 Å². The van der Waals surface area contributed by atoms with E-state index in [0.717, 1.165) is 24.8 Å². The van der Waals surface area contributed by atoms with E-state index in [1.54, 1.807) is 6.07 Å². The zero-order chi connectivity index (χ0) is 14.3. The molecule has 0 aromatic heterocycles. The lowest BCUT2D eigenvalue weighted by Crippen LogP contribution is -2.50. The third-order valence-electron chi connectivity index (χ3n) is 4.06. The van der Waals surface area contributed by atoms with Gasteiger partial charge in [-0.1, -0.05) is 32.9 Å². The first-order valence-electron chi connectivity index (χ1n) is 6.93. The molecular weight excluding hydrogens is 305 g/mol. The summed E-state index contributed by atoms with van der Waals surface area (Å²) in [4.78, 5) is 0. The predicted octanol–water partition coefficient (Wildman–Crippen LogP) is 4.67. The van der Waals surface area contributed by atoms with Crippen molar-refractivity contribution < 1.29 is 4.39 Å². The van der Waals surface area contributed by atoms with Gasteiger partial charge in [-0.05, 0) is 64.6 Å². The van der Waals surface area contributed by atoms with Gasteiger partial charge in [0.05, 0.1) is 4.47 Å². The summed E-state index contributed by atoms with van der Waals surface area (Å²) in [6, 6.07) is 5.20. The second-order valence-corrected chi connectivity index (χ2v) is 7.90. The van der Waals surface area contributed by atoms with Crippen LogP contribution in [-0.4, -0.2) is 5.54 Å². The fourth-order valence-corrected chi connectivity index (χ4v) is 4.41. The minimum atomic E-state index is -0.225. The van der Waals surface area contributed by atoms with Crippen molar-refractivity contribution in [3.05, 3.63) is 34.1 Å². The summed E-state index contributed by atoms with van der Waals surface area (Å²) in [5.74, 6) is 0.422. The first-order chi connectivity index (χ1) is 8.71. The summed E-state index contributed by atoms with van der Waals surface area (Å²) in [6.07, 6.45) is 3.96. The third-order valence-corrected chi connectivity index (χ3v) is 4.95. The van der Waals surface area contributed by atoms with Crippen LogP contribution in [0.1, 0.15) is 45.6 Å². The highest BCUT2D eigenvalue weighted by Gasteiger charge is 2.40. The van der Waals surface area contributed by atoms with Crippen LogP contribution in [0.5, 0.6) is 0 Å². The van der Waals surface area contributed by atoms with Gasteiger partial charge in [-0.25, -0.2) is 4.39 Å². The lowest BCUT2D eigenvalue weighted by atomic mass is 9.63. The average molecular weight is 328 g/mol. The molecule has 0 saturated heterocycles. The van der Waals surface area contributed by atoms with Crippen LogP contribution < -0.4 is 5.73 Å². The van der Waals surface area contributed by atoms with Crippen molar-refractivity contribution in [3.63, 3.8) is 0 Å². The highest BCUT2D eigenvalue weighted by atomic mass is 79.9. The molecule has 2 N–H and O–H groups in total. The molecule has 3 heteroatoms. The van der Waals surface area contributed by atoms with Crippen LogP contribution in [0.15, 0.2) is 22.7 Å². The van der Waals surface area contributed by atoms with E-state index in [0.29, 0.717) is 10.4 Å². The van der Waals surface area contributed by atoms with E-state index in [1.165, 1.54) is 12.5 Å². The molecule has 1 aliphatic rings. The quantitative estimate of drug-likeness (QED) is 0.838. The molecule has 0 heterocycles. The molecule has 2 rings (SSSR count). The Kier molecular flexibility index (Phi) is 4.08. The summed E-state index contributed by atoms with van der Waals surface area (Å²) in [5, 5.41) is 0. The normalized spacial score (nSPS) is 30.3. The standard InChI is InChI=1S/C16H23BrFN/c1-11-7-15(2,3)10-16(19,8-11)9-12-5-4-6-13(18)14(12)17/h4-6,11H,7-10,19H2,1-3H3. The minimum absolute atomic E-state index is 0.204. The number of nitrogens with two attached hydrogens (primary N) is 1. The van der Waals surface area contributed by atoms with Gasteiger partial charge >= 0.3 is 0 Å². The maximum atomic E-state index is 13.6. The van der Waals surface area contributed by atoms with Crippen molar-refractivity contribution in [1.82, 2.24) is 0 Å².